The van der Waals surface area contributed by atoms with Gasteiger partial charge in [-0.15, -0.1) is 12.6 Å². The van der Waals surface area contributed by atoms with E-state index < -0.39 is 0 Å². The molecule has 25 heavy (non-hydrogen) atoms. The van der Waals surface area contributed by atoms with E-state index in [1.165, 1.54) is 37.1 Å². The maximum Gasteiger partial charge on any atom is 0.261 e. The van der Waals surface area contributed by atoms with Crippen molar-refractivity contribution in [2.24, 2.45) is 0 Å². The van der Waals surface area contributed by atoms with Crippen LogP contribution in [0.3, 0.4) is 0 Å². The van der Waals surface area contributed by atoms with Gasteiger partial charge in [-0.2, -0.15) is 5.10 Å². The largest absolute Gasteiger partial charge is 0.322 e. The number of benzene rings is 1. The van der Waals surface area contributed by atoms with Gasteiger partial charge in [-0.25, -0.2) is 4.68 Å². The van der Waals surface area contributed by atoms with Crippen molar-refractivity contribution in [2.45, 2.75) is 51.4 Å². The average molecular weight is 353 g/mol. The van der Waals surface area contributed by atoms with Crippen LogP contribution < -0.4 is 5.32 Å². The molecule has 0 radical (unpaired) electrons. The molecule has 4 nitrogen and oxygen atoms in total. The second-order valence-corrected chi connectivity index (χ2v) is 7.75. The maximum absolute atomic E-state index is 12.1. The number of carbonyl (C=O) groups is 1. The first-order valence-corrected chi connectivity index (χ1v) is 9.35. The predicted octanol–water partition coefficient (Wildman–Crippen LogP) is 4.79. The summed E-state index contributed by atoms with van der Waals surface area (Å²) in [5.74, 6) is 1.14. The zero-order valence-electron chi connectivity index (χ0n) is 14.6. The number of carbonyl (C=O) groups excluding carboxylic acids is 1. The highest BCUT2D eigenvalue weighted by Gasteiger charge is 2.32. The molecule has 4 rings (SSSR count). The van der Waals surface area contributed by atoms with Crippen LogP contribution in [-0.4, -0.2) is 15.7 Å². The number of allylic oxidation sites excluding steroid dienone is 1. The van der Waals surface area contributed by atoms with E-state index in [9.17, 15) is 4.79 Å². The predicted molar refractivity (Wildman–Crippen MR) is 104 cm³/mol. The minimum atomic E-state index is -0.176. The first-order chi connectivity index (χ1) is 12.0. The van der Waals surface area contributed by atoms with Crippen LogP contribution in [0.25, 0.3) is 5.69 Å². The molecule has 1 heterocycles. The molecule has 1 N–H and O–H groups in total. The van der Waals surface area contributed by atoms with Gasteiger partial charge < -0.3 is 5.32 Å². The van der Waals surface area contributed by atoms with Crippen LogP contribution in [0.2, 0.25) is 0 Å². The number of hydrogen-bond donors (Lipinski definition) is 2. The summed E-state index contributed by atoms with van der Waals surface area (Å²) >= 11 is 4.25. The van der Waals surface area contributed by atoms with E-state index in [-0.39, 0.29) is 5.91 Å². The van der Waals surface area contributed by atoms with Crippen LogP contribution in [-0.2, 0) is 4.79 Å². The molecule has 130 valence electrons. The normalized spacial score (nSPS) is 16.6. The maximum atomic E-state index is 12.1. The fourth-order valence-corrected chi connectivity index (χ4v) is 3.03. The lowest BCUT2D eigenvalue weighted by Gasteiger charge is -2.09. The van der Waals surface area contributed by atoms with Gasteiger partial charge >= 0.3 is 0 Å². The third kappa shape index (κ3) is 3.52. The lowest BCUT2D eigenvalue weighted by Crippen LogP contribution is -2.12. The van der Waals surface area contributed by atoms with Crippen molar-refractivity contribution in [1.29, 1.82) is 0 Å². The SMILES string of the molecule is CC(C)=C(S)C(=O)Nc1ccc(-n2nc(C3CC3)cc2C2CC2)cc1. The standard InChI is InChI=1S/C20H23N3OS/c1-12(2)19(25)20(24)21-15-7-9-16(10-8-15)23-18(14-5-6-14)11-17(22-23)13-3-4-13/h7-11,13-14,25H,3-6H2,1-2H3,(H,21,24). The van der Waals surface area contributed by atoms with Crippen LogP contribution in [0, 0.1) is 0 Å². The first kappa shape index (κ1) is 16.5. The molecule has 1 amide bonds. The Morgan fingerprint density at radius 3 is 2.32 bits per heavy atom. The zero-order chi connectivity index (χ0) is 17.6. The minimum Gasteiger partial charge on any atom is -0.322 e. The van der Waals surface area contributed by atoms with Crippen molar-refractivity contribution < 1.29 is 4.79 Å². The van der Waals surface area contributed by atoms with E-state index in [0.717, 1.165) is 16.9 Å². The number of hydrogen-bond acceptors (Lipinski definition) is 3. The monoisotopic (exact) mass is 353 g/mol. The van der Waals surface area contributed by atoms with Crippen molar-refractivity contribution in [3.05, 3.63) is 52.2 Å². The highest BCUT2D eigenvalue weighted by molar-refractivity contribution is 7.85. The molecule has 0 spiro atoms. The first-order valence-electron chi connectivity index (χ1n) is 8.91. The van der Waals surface area contributed by atoms with Crippen molar-refractivity contribution in [3.8, 4) is 5.69 Å². The van der Waals surface area contributed by atoms with Crippen molar-refractivity contribution in [3.63, 3.8) is 0 Å². The Hall–Kier alpha value is -2.01. The van der Waals surface area contributed by atoms with Gasteiger partial charge in [0.2, 0.25) is 0 Å². The number of aromatic nitrogens is 2. The minimum absolute atomic E-state index is 0.176. The quantitative estimate of drug-likeness (QED) is 0.600. The van der Waals surface area contributed by atoms with Crippen LogP contribution in [0.5, 0.6) is 0 Å². The van der Waals surface area contributed by atoms with E-state index in [4.69, 9.17) is 5.10 Å². The van der Waals surface area contributed by atoms with Crippen LogP contribution in [0.1, 0.15) is 62.8 Å². The number of thiol groups is 1. The summed E-state index contributed by atoms with van der Waals surface area (Å²) in [6.45, 7) is 3.75. The summed E-state index contributed by atoms with van der Waals surface area (Å²) in [5.41, 5.74) is 5.29. The van der Waals surface area contributed by atoms with Crippen molar-refractivity contribution >= 4 is 24.2 Å². The van der Waals surface area contributed by atoms with E-state index in [1.54, 1.807) is 0 Å². The Morgan fingerprint density at radius 1 is 1.12 bits per heavy atom. The summed E-state index contributed by atoms with van der Waals surface area (Å²) in [4.78, 5) is 12.5. The number of nitrogens with zero attached hydrogens (tertiary/aromatic N) is 2. The number of anilines is 1. The fourth-order valence-electron chi connectivity index (χ4n) is 2.97. The van der Waals surface area contributed by atoms with Crippen molar-refractivity contribution in [2.75, 3.05) is 5.32 Å². The van der Waals surface area contributed by atoms with Crippen molar-refractivity contribution in [1.82, 2.24) is 9.78 Å². The summed E-state index contributed by atoms with van der Waals surface area (Å²) in [6.07, 6.45) is 5.06. The van der Waals surface area contributed by atoms with Gasteiger partial charge in [-0.05, 0) is 69.9 Å². The molecule has 2 aliphatic rings. The van der Waals surface area contributed by atoms with Crippen LogP contribution in [0.4, 0.5) is 5.69 Å². The molecular weight excluding hydrogens is 330 g/mol. The molecule has 1 aromatic carbocycles. The second kappa shape index (κ2) is 6.37. The molecule has 0 unspecified atom stereocenters. The summed E-state index contributed by atoms with van der Waals surface area (Å²) < 4.78 is 2.09. The van der Waals surface area contributed by atoms with Gasteiger partial charge in [0.15, 0.2) is 0 Å². The zero-order valence-corrected chi connectivity index (χ0v) is 15.5. The lowest BCUT2D eigenvalue weighted by atomic mass is 10.2. The van der Waals surface area contributed by atoms with E-state index >= 15 is 0 Å². The Bertz CT molecular complexity index is 838. The van der Waals surface area contributed by atoms with Crippen LogP contribution >= 0.6 is 12.6 Å². The van der Waals surface area contributed by atoms with E-state index in [0.29, 0.717) is 16.7 Å². The molecule has 2 fully saturated rings. The van der Waals surface area contributed by atoms with Gasteiger partial charge in [0.25, 0.3) is 5.91 Å². The Kier molecular flexibility index (Phi) is 4.20. The molecular formula is C20H23N3OS. The van der Waals surface area contributed by atoms with E-state index in [1.807, 2.05) is 38.1 Å². The molecule has 1 aromatic heterocycles. The van der Waals surface area contributed by atoms with Gasteiger partial charge in [0.1, 0.15) is 0 Å². The number of amides is 1. The number of nitrogens with one attached hydrogen (secondary N) is 1. The third-order valence-corrected chi connectivity index (χ3v) is 5.46. The Morgan fingerprint density at radius 2 is 1.76 bits per heavy atom. The topological polar surface area (TPSA) is 46.9 Å². The van der Waals surface area contributed by atoms with Gasteiger partial charge in [0, 0.05) is 23.2 Å². The molecule has 2 saturated carbocycles. The average Bonchev–Trinajstić information content (AvgIpc) is 3.53. The molecule has 0 bridgehead atoms. The Balaban J connectivity index is 1.56. The summed E-state index contributed by atoms with van der Waals surface area (Å²) in [6, 6.07) is 10.2. The highest BCUT2D eigenvalue weighted by atomic mass is 32.1. The van der Waals surface area contributed by atoms with E-state index in [2.05, 4.69) is 28.7 Å². The summed E-state index contributed by atoms with van der Waals surface area (Å²) in [7, 11) is 0. The van der Waals surface area contributed by atoms with Gasteiger partial charge in [-0.1, -0.05) is 5.57 Å². The molecule has 0 aliphatic heterocycles. The molecule has 2 aromatic rings. The second-order valence-electron chi connectivity index (χ2n) is 7.30. The molecule has 2 aliphatic carbocycles. The third-order valence-electron chi connectivity index (χ3n) is 4.81. The molecule has 0 saturated heterocycles. The molecule has 0 atom stereocenters. The molecule has 5 heteroatoms. The van der Waals surface area contributed by atoms with Gasteiger partial charge in [0.05, 0.1) is 16.3 Å². The van der Waals surface area contributed by atoms with Gasteiger partial charge in [-0.3, -0.25) is 4.79 Å². The highest BCUT2D eigenvalue weighted by Crippen LogP contribution is 2.45. The summed E-state index contributed by atoms with van der Waals surface area (Å²) in [5, 5.41) is 7.74. The smallest absolute Gasteiger partial charge is 0.261 e. The lowest BCUT2D eigenvalue weighted by molar-refractivity contribution is -0.112. The van der Waals surface area contributed by atoms with Crippen LogP contribution in [0.15, 0.2) is 40.8 Å². The Labute approximate surface area is 153 Å². The number of rotatable bonds is 5. The fraction of sp³-hybridized carbons (Fsp3) is 0.400.